The smallest absolute Gasteiger partial charge is 0.244 e. The first-order chi connectivity index (χ1) is 12.1. The summed E-state index contributed by atoms with van der Waals surface area (Å²) in [5.41, 5.74) is 1.72. The van der Waals surface area contributed by atoms with E-state index in [9.17, 15) is 8.42 Å². The number of hydrogen-bond donors (Lipinski definition) is 0. The van der Waals surface area contributed by atoms with Gasteiger partial charge in [-0.25, -0.2) is 8.42 Å². The molecule has 2 heterocycles. The summed E-state index contributed by atoms with van der Waals surface area (Å²) in [6.45, 7) is 4.56. The molecule has 0 radical (unpaired) electrons. The van der Waals surface area contributed by atoms with Crippen molar-refractivity contribution in [3.8, 4) is 11.1 Å². The van der Waals surface area contributed by atoms with Gasteiger partial charge in [0.15, 0.2) is 0 Å². The number of benzene rings is 2. The zero-order valence-electron chi connectivity index (χ0n) is 14.5. The van der Waals surface area contributed by atoms with Crippen molar-refractivity contribution in [2.75, 3.05) is 19.6 Å². The van der Waals surface area contributed by atoms with Crippen molar-refractivity contribution in [2.24, 2.45) is 0 Å². The van der Waals surface area contributed by atoms with Gasteiger partial charge < -0.3 is 0 Å². The van der Waals surface area contributed by atoms with E-state index in [0.717, 1.165) is 30.6 Å². The lowest BCUT2D eigenvalue weighted by atomic mass is 10.1. The second kappa shape index (κ2) is 6.56. The van der Waals surface area contributed by atoms with E-state index < -0.39 is 10.0 Å². The van der Waals surface area contributed by atoms with E-state index >= 15 is 0 Å². The number of rotatable bonds is 3. The molecule has 0 amide bonds. The van der Waals surface area contributed by atoms with Crippen LogP contribution >= 0.6 is 0 Å². The molecule has 0 spiro atoms. The van der Waals surface area contributed by atoms with E-state index in [-0.39, 0.29) is 6.04 Å². The molecule has 5 heteroatoms. The zero-order chi connectivity index (χ0) is 17.4. The highest BCUT2D eigenvalue weighted by Gasteiger charge is 2.40. The summed E-state index contributed by atoms with van der Waals surface area (Å²) < 4.78 is 28.7. The van der Waals surface area contributed by atoms with Crippen LogP contribution in [0.4, 0.5) is 0 Å². The van der Waals surface area contributed by atoms with Gasteiger partial charge in [-0.15, -0.1) is 0 Å². The highest BCUT2D eigenvalue weighted by Crippen LogP contribution is 2.33. The molecule has 2 fully saturated rings. The van der Waals surface area contributed by atoms with Crippen molar-refractivity contribution in [3.05, 3.63) is 54.6 Å². The van der Waals surface area contributed by atoms with Crippen LogP contribution in [-0.2, 0) is 10.0 Å². The molecule has 0 unspecified atom stereocenters. The van der Waals surface area contributed by atoms with Gasteiger partial charge in [0.1, 0.15) is 0 Å². The third kappa shape index (κ3) is 3.01. The van der Waals surface area contributed by atoms with E-state index in [4.69, 9.17) is 0 Å². The molecular formula is C20H24N2O2S. The molecule has 2 aromatic rings. The minimum Gasteiger partial charge on any atom is -0.297 e. The Morgan fingerprint density at radius 1 is 0.960 bits per heavy atom. The zero-order valence-corrected chi connectivity index (χ0v) is 15.3. The average Bonchev–Trinajstić information content (AvgIpc) is 3.09. The molecule has 4 rings (SSSR count). The van der Waals surface area contributed by atoms with Crippen LogP contribution in [0.2, 0.25) is 0 Å². The van der Waals surface area contributed by atoms with E-state index in [1.54, 1.807) is 10.4 Å². The summed E-state index contributed by atoms with van der Waals surface area (Å²) >= 11 is 0. The Hall–Kier alpha value is -1.69. The number of sulfonamides is 1. The van der Waals surface area contributed by atoms with E-state index in [2.05, 4.69) is 4.90 Å². The quantitative estimate of drug-likeness (QED) is 0.848. The largest absolute Gasteiger partial charge is 0.297 e. The monoisotopic (exact) mass is 356 g/mol. The van der Waals surface area contributed by atoms with E-state index in [1.165, 1.54) is 6.42 Å². The molecule has 2 aliphatic rings. The lowest BCUT2D eigenvalue weighted by Crippen LogP contribution is -2.56. The molecule has 0 N–H and O–H groups in total. The molecule has 0 aliphatic carbocycles. The lowest BCUT2D eigenvalue weighted by molar-refractivity contribution is 0.117. The van der Waals surface area contributed by atoms with Gasteiger partial charge >= 0.3 is 0 Å². The van der Waals surface area contributed by atoms with Crippen molar-refractivity contribution in [2.45, 2.75) is 36.7 Å². The number of nitrogens with zero attached hydrogens (tertiary/aromatic N) is 2. The van der Waals surface area contributed by atoms with E-state index in [0.29, 0.717) is 17.5 Å². The predicted molar refractivity (Wildman–Crippen MR) is 99.8 cm³/mol. The lowest BCUT2D eigenvalue weighted by Gasteiger charge is -2.41. The van der Waals surface area contributed by atoms with Gasteiger partial charge in [-0.1, -0.05) is 48.5 Å². The van der Waals surface area contributed by atoms with Gasteiger partial charge in [-0.05, 0) is 37.9 Å². The fourth-order valence-electron chi connectivity index (χ4n) is 4.17. The van der Waals surface area contributed by atoms with Crippen molar-refractivity contribution in [1.82, 2.24) is 9.21 Å². The molecule has 4 nitrogen and oxygen atoms in total. The topological polar surface area (TPSA) is 40.6 Å². The van der Waals surface area contributed by atoms with Gasteiger partial charge in [0.25, 0.3) is 0 Å². The summed E-state index contributed by atoms with van der Waals surface area (Å²) in [5, 5.41) is 0. The molecule has 2 aromatic carbocycles. The number of piperazine rings is 1. The third-order valence-electron chi connectivity index (χ3n) is 5.44. The number of hydrogen-bond acceptors (Lipinski definition) is 3. The Balaban J connectivity index is 1.74. The number of fused-ring (bicyclic) bond motifs is 1. The molecular weight excluding hydrogens is 332 g/mol. The standard InChI is InChI=1S/C20H24N2O2S/c1-16-14-21-13-7-10-18(21)15-22(16)25(23,24)20-12-6-5-11-19(20)17-8-3-2-4-9-17/h2-6,8-9,11-12,16,18H,7,10,13-15H2,1H3/t16-,18-/m1/s1. The van der Waals surface area contributed by atoms with Crippen LogP contribution in [0.25, 0.3) is 11.1 Å². The van der Waals surface area contributed by atoms with Gasteiger partial charge in [-0.2, -0.15) is 4.31 Å². The van der Waals surface area contributed by atoms with Gasteiger partial charge in [0, 0.05) is 30.7 Å². The molecule has 2 saturated heterocycles. The first-order valence-electron chi connectivity index (χ1n) is 8.98. The van der Waals surface area contributed by atoms with Crippen LogP contribution in [-0.4, -0.2) is 49.3 Å². The highest BCUT2D eigenvalue weighted by molar-refractivity contribution is 7.89. The van der Waals surface area contributed by atoms with E-state index in [1.807, 2.05) is 55.5 Å². The molecule has 25 heavy (non-hydrogen) atoms. The van der Waals surface area contributed by atoms with Crippen molar-refractivity contribution in [1.29, 1.82) is 0 Å². The molecule has 0 saturated carbocycles. The second-order valence-corrected chi connectivity index (χ2v) is 8.94. The van der Waals surface area contributed by atoms with Crippen molar-refractivity contribution in [3.63, 3.8) is 0 Å². The maximum absolute atomic E-state index is 13.5. The van der Waals surface area contributed by atoms with Crippen LogP contribution in [0.3, 0.4) is 0 Å². The fourth-order valence-corrected chi connectivity index (χ4v) is 6.05. The normalized spacial score (nSPS) is 25.0. The van der Waals surface area contributed by atoms with Crippen LogP contribution in [0.15, 0.2) is 59.5 Å². The van der Waals surface area contributed by atoms with Crippen LogP contribution < -0.4 is 0 Å². The molecule has 132 valence electrons. The maximum atomic E-state index is 13.5. The Morgan fingerprint density at radius 2 is 1.68 bits per heavy atom. The van der Waals surface area contributed by atoms with Crippen LogP contribution in [0, 0.1) is 0 Å². The SMILES string of the molecule is C[C@@H]1CN2CCC[C@@H]2CN1S(=O)(=O)c1ccccc1-c1ccccc1. The van der Waals surface area contributed by atoms with Gasteiger partial charge in [0.05, 0.1) is 4.90 Å². The first kappa shape index (κ1) is 16.8. The highest BCUT2D eigenvalue weighted by atomic mass is 32.2. The third-order valence-corrected chi connectivity index (χ3v) is 7.48. The first-order valence-corrected chi connectivity index (χ1v) is 10.4. The Kier molecular flexibility index (Phi) is 4.40. The van der Waals surface area contributed by atoms with Crippen molar-refractivity contribution >= 4 is 10.0 Å². The summed E-state index contributed by atoms with van der Waals surface area (Å²) in [6, 6.07) is 17.5. The summed E-state index contributed by atoms with van der Waals surface area (Å²) in [7, 11) is -3.52. The Morgan fingerprint density at radius 3 is 2.48 bits per heavy atom. The molecule has 2 aliphatic heterocycles. The van der Waals surface area contributed by atoms with Crippen LogP contribution in [0.5, 0.6) is 0 Å². The van der Waals surface area contributed by atoms with Crippen LogP contribution in [0.1, 0.15) is 19.8 Å². The molecule has 2 atom stereocenters. The summed E-state index contributed by atoms with van der Waals surface area (Å²) in [4.78, 5) is 2.86. The van der Waals surface area contributed by atoms with Gasteiger partial charge in [-0.3, -0.25) is 4.90 Å². The second-order valence-electron chi connectivity index (χ2n) is 7.08. The Bertz CT molecular complexity index is 851. The predicted octanol–water partition coefficient (Wildman–Crippen LogP) is 3.21. The fraction of sp³-hybridized carbons (Fsp3) is 0.400. The van der Waals surface area contributed by atoms with Gasteiger partial charge in [0.2, 0.25) is 10.0 Å². The minimum atomic E-state index is -3.52. The maximum Gasteiger partial charge on any atom is 0.244 e. The average molecular weight is 356 g/mol. The minimum absolute atomic E-state index is 0.00294. The molecule has 0 bridgehead atoms. The van der Waals surface area contributed by atoms with Crippen molar-refractivity contribution < 1.29 is 8.42 Å². The summed E-state index contributed by atoms with van der Waals surface area (Å²) in [6.07, 6.45) is 2.27. The summed E-state index contributed by atoms with van der Waals surface area (Å²) in [5.74, 6) is 0. The Labute approximate surface area is 150 Å². The molecule has 0 aromatic heterocycles.